The zero-order valence-corrected chi connectivity index (χ0v) is 11.1. The molecule has 0 bridgehead atoms. The third-order valence-electron chi connectivity index (χ3n) is 3.06. The first-order chi connectivity index (χ1) is 9.76. The van der Waals surface area contributed by atoms with Crippen molar-refractivity contribution in [2.45, 2.75) is 13.5 Å². The molecule has 20 heavy (non-hydrogen) atoms. The van der Waals surface area contributed by atoms with E-state index < -0.39 is 0 Å². The van der Waals surface area contributed by atoms with Gasteiger partial charge in [0, 0.05) is 23.9 Å². The number of aryl methyl sites for hydroxylation is 1. The maximum absolute atomic E-state index is 12.1. The third kappa shape index (κ3) is 2.42. The van der Waals surface area contributed by atoms with E-state index in [2.05, 4.69) is 5.10 Å². The van der Waals surface area contributed by atoms with E-state index in [-0.39, 0.29) is 12.6 Å². The number of fused-ring (bicyclic) bond motifs is 1. The van der Waals surface area contributed by atoms with Gasteiger partial charge in [-0.05, 0) is 37.3 Å². The number of hydrogen-bond acceptors (Lipinski definition) is 4. The molecule has 2 heterocycles. The van der Waals surface area contributed by atoms with Gasteiger partial charge in [-0.15, -0.1) is 0 Å². The summed E-state index contributed by atoms with van der Waals surface area (Å²) in [6.45, 7) is 3.03. The molecule has 0 aliphatic carbocycles. The standard InChI is InChI=1S/C15H14N2O3/c1-2-17-9-11(8-16-17)3-5-13(18)12-4-6-14-15(7-12)20-10-19-14/h3-9H,2,10H2,1H3/b5-3+. The van der Waals surface area contributed by atoms with Crippen molar-refractivity contribution in [3.8, 4) is 11.5 Å². The molecule has 0 radical (unpaired) electrons. The predicted octanol–water partition coefficient (Wildman–Crippen LogP) is 2.53. The topological polar surface area (TPSA) is 53.4 Å². The summed E-state index contributed by atoms with van der Waals surface area (Å²) in [5.41, 5.74) is 1.48. The average Bonchev–Trinajstić information content (AvgIpc) is 3.12. The predicted molar refractivity (Wildman–Crippen MR) is 73.8 cm³/mol. The SMILES string of the molecule is CCn1cc(/C=C/C(=O)c2ccc3c(c2)OCO3)cn1. The third-order valence-corrected chi connectivity index (χ3v) is 3.06. The zero-order chi connectivity index (χ0) is 13.9. The van der Waals surface area contributed by atoms with Gasteiger partial charge in [0.25, 0.3) is 0 Å². The van der Waals surface area contributed by atoms with Gasteiger partial charge < -0.3 is 9.47 Å². The summed E-state index contributed by atoms with van der Waals surface area (Å²) in [6.07, 6.45) is 6.91. The summed E-state index contributed by atoms with van der Waals surface area (Å²) < 4.78 is 12.3. The normalized spacial score (nSPS) is 13.1. The van der Waals surface area contributed by atoms with E-state index in [1.165, 1.54) is 6.08 Å². The molecule has 0 spiro atoms. The molecule has 5 heteroatoms. The second-order valence-electron chi connectivity index (χ2n) is 4.39. The summed E-state index contributed by atoms with van der Waals surface area (Å²) in [4.78, 5) is 12.1. The average molecular weight is 270 g/mol. The molecule has 102 valence electrons. The van der Waals surface area contributed by atoms with Gasteiger partial charge in [0.1, 0.15) is 0 Å². The molecule has 0 N–H and O–H groups in total. The van der Waals surface area contributed by atoms with Crippen molar-refractivity contribution < 1.29 is 14.3 Å². The van der Waals surface area contributed by atoms with Crippen LogP contribution in [0.2, 0.25) is 0 Å². The van der Waals surface area contributed by atoms with E-state index in [4.69, 9.17) is 9.47 Å². The Bertz CT molecular complexity index is 674. The van der Waals surface area contributed by atoms with Crippen LogP contribution in [0.15, 0.2) is 36.7 Å². The molecule has 0 fully saturated rings. The molecule has 1 aromatic carbocycles. The minimum Gasteiger partial charge on any atom is -0.454 e. The summed E-state index contributed by atoms with van der Waals surface area (Å²) in [7, 11) is 0. The van der Waals surface area contributed by atoms with Crippen LogP contribution in [0, 0.1) is 0 Å². The van der Waals surface area contributed by atoms with Crippen molar-refractivity contribution in [1.29, 1.82) is 0 Å². The van der Waals surface area contributed by atoms with Crippen LogP contribution in [0.1, 0.15) is 22.8 Å². The molecule has 0 saturated carbocycles. The molecule has 0 unspecified atom stereocenters. The van der Waals surface area contributed by atoms with Gasteiger partial charge in [0.05, 0.1) is 6.20 Å². The maximum atomic E-state index is 12.1. The van der Waals surface area contributed by atoms with E-state index in [0.717, 1.165) is 12.1 Å². The fourth-order valence-corrected chi connectivity index (χ4v) is 1.96. The van der Waals surface area contributed by atoms with E-state index in [1.54, 1.807) is 30.5 Å². The molecule has 2 aromatic rings. The minimum atomic E-state index is -0.0763. The van der Waals surface area contributed by atoms with Crippen LogP contribution in [0.5, 0.6) is 11.5 Å². The molecule has 1 aliphatic heterocycles. The fourth-order valence-electron chi connectivity index (χ4n) is 1.96. The van der Waals surface area contributed by atoms with Gasteiger partial charge >= 0.3 is 0 Å². The summed E-state index contributed by atoms with van der Waals surface area (Å²) in [5, 5.41) is 4.15. The Labute approximate surface area is 116 Å². The van der Waals surface area contributed by atoms with E-state index in [1.807, 2.05) is 17.8 Å². The molecule has 0 atom stereocenters. The number of allylic oxidation sites excluding steroid dienone is 1. The molecular weight excluding hydrogens is 256 g/mol. The molecular formula is C15H14N2O3. The van der Waals surface area contributed by atoms with Crippen LogP contribution in [0.25, 0.3) is 6.08 Å². The Morgan fingerprint density at radius 3 is 3.05 bits per heavy atom. The molecule has 1 aromatic heterocycles. The highest BCUT2D eigenvalue weighted by atomic mass is 16.7. The van der Waals surface area contributed by atoms with Gasteiger partial charge in [0.15, 0.2) is 17.3 Å². The highest BCUT2D eigenvalue weighted by molar-refractivity contribution is 6.07. The van der Waals surface area contributed by atoms with E-state index >= 15 is 0 Å². The van der Waals surface area contributed by atoms with Crippen LogP contribution < -0.4 is 9.47 Å². The summed E-state index contributed by atoms with van der Waals surface area (Å²) in [6, 6.07) is 5.18. The summed E-state index contributed by atoms with van der Waals surface area (Å²) >= 11 is 0. The van der Waals surface area contributed by atoms with Crippen molar-refractivity contribution in [2.75, 3.05) is 6.79 Å². The lowest BCUT2D eigenvalue weighted by molar-refractivity contribution is 0.104. The molecule has 5 nitrogen and oxygen atoms in total. The minimum absolute atomic E-state index is 0.0763. The monoisotopic (exact) mass is 270 g/mol. The fraction of sp³-hybridized carbons (Fsp3) is 0.200. The van der Waals surface area contributed by atoms with Crippen molar-refractivity contribution >= 4 is 11.9 Å². The first-order valence-corrected chi connectivity index (χ1v) is 6.41. The van der Waals surface area contributed by atoms with Crippen molar-refractivity contribution in [1.82, 2.24) is 9.78 Å². The number of carbonyl (C=O) groups excluding carboxylic acids is 1. The number of ether oxygens (including phenoxy) is 2. The van der Waals surface area contributed by atoms with E-state index in [9.17, 15) is 4.79 Å². The van der Waals surface area contributed by atoms with Crippen LogP contribution in [0.4, 0.5) is 0 Å². The van der Waals surface area contributed by atoms with Crippen LogP contribution in [-0.4, -0.2) is 22.4 Å². The van der Waals surface area contributed by atoms with Crippen LogP contribution in [-0.2, 0) is 6.54 Å². The van der Waals surface area contributed by atoms with Crippen LogP contribution >= 0.6 is 0 Å². The second kappa shape index (κ2) is 5.21. The number of hydrogen-bond donors (Lipinski definition) is 0. The lowest BCUT2D eigenvalue weighted by Crippen LogP contribution is -1.94. The molecule has 0 amide bonds. The van der Waals surface area contributed by atoms with Crippen molar-refractivity contribution in [3.63, 3.8) is 0 Å². The number of nitrogens with zero attached hydrogens (tertiary/aromatic N) is 2. The first-order valence-electron chi connectivity index (χ1n) is 6.41. The highest BCUT2D eigenvalue weighted by Crippen LogP contribution is 2.32. The van der Waals surface area contributed by atoms with Crippen molar-refractivity contribution in [2.24, 2.45) is 0 Å². The Balaban J connectivity index is 1.75. The zero-order valence-electron chi connectivity index (χ0n) is 11.1. The quantitative estimate of drug-likeness (QED) is 0.633. The number of benzene rings is 1. The Morgan fingerprint density at radius 2 is 2.25 bits per heavy atom. The molecule has 3 rings (SSSR count). The number of carbonyl (C=O) groups is 1. The van der Waals surface area contributed by atoms with Gasteiger partial charge in [-0.2, -0.15) is 5.10 Å². The van der Waals surface area contributed by atoms with Crippen molar-refractivity contribution in [3.05, 3.63) is 47.8 Å². The lowest BCUT2D eigenvalue weighted by Gasteiger charge is -1.98. The smallest absolute Gasteiger partial charge is 0.231 e. The molecule has 1 aliphatic rings. The summed E-state index contributed by atoms with van der Waals surface area (Å²) in [5.74, 6) is 1.21. The number of ketones is 1. The van der Waals surface area contributed by atoms with Gasteiger partial charge in [-0.25, -0.2) is 0 Å². The van der Waals surface area contributed by atoms with Crippen LogP contribution in [0.3, 0.4) is 0 Å². The highest BCUT2D eigenvalue weighted by Gasteiger charge is 2.14. The van der Waals surface area contributed by atoms with E-state index in [0.29, 0.717) is 17.1 Å². The Morgan fingerprint density at radius 1 is 1.40 bits per heavy atom. The lowest BCUT2D eigenvalue weighted by atomic mass is 10.1. The van der Waals surface area contributed by atoms with Gasteiger partial charge in [0.2, 0.25) is 6.79 Å². The number of rotatable bonds is 4. The van der Waals surface area contributed by atoms with Gasteiger partial charge in [-0.3, -0.25) is 9.48 Å². The second-order valence-corrected chi connectivity index (χ2v) is 4.39. The molecule has 0 saturated heterocycles. The number of aromatic nitrogens is 2. The largest absolute Gasteiger partial charge is 0.454 e. The Hall–Kier alpha value is -2.56. The van der Waals surface area contributed by atoms with Gasteiger partial charge in [-0.1, -0.05) is 0 Å². The first kappa shape index (κ1) is 12.5. The maximum Gasteiger partial charge on any atom is 0.231 e. The Kier molecular flexibility index (Phi) is 3.25.